The second-order valence-corrected chi connectivity index (χ2v) is 6.11. The van der Waals surface area contributed by atoms with Gasteiger partial charge in [0.15, 0.2) is 17.2 Å². The van der Waals surface area contributed by atoms with E-state index in [-0.39, 0.29) is 5.28 Å². The van der Waals surface area contributed by atoms with Crippen LogP contribution in [0.15, 0.2) is 65.1 Å². The highest BCUT2D eigenvalue weighted by Gasteiger charge is 2.12. The molecule has 2 heterocycles. The van der Waals surface area contributed by atoms with Gasteiger partial charge in [-0.1, -0.05) is 42.5 Å². The van der Waals surface area contributed by atoms with Crippen LogP contribution in [0.4, 0.5) is 0 Å². The molecule has 0 atom stereocenters. The maximum Gasteiger partial charge on any atom is 0.226 e. The van der Waals surface area contributed by atoms with E-state index < -0.39 is 0 Å². The van der Waals surface area contributed by atoms with Gasteiger partial charge in [0, 0.05) is 21.9 Å². The molecule has 0 fully saturated rings. The smallest absolute Gasteiger partial charge is 0.226 e. The van der Waals surface area contributed by atoms with Crippen molar-refractivity contribution in [2.75, 3.05) is 0 Å². The van der Waals surface area contributed by atoms with Gasteiger partial charge in [-0.25, -0.2) is 4.98 Å². The van der Waals surface area contributed by atoms with Crippen molar-refractivity contribution >= 4 is 33.5 Å². The number of nitrogens with zero attached hydrogens (tertiary/aromatic N) is 3. The molecule has 5 rings (SSSR count). The summed E-state index contributed by atoms with van der Waals surface area (Å²) >= 11 is 6.14. The zero-order chi connectivity index (χ0) is 17.5. The molecule has 0 saturated heterocycles. The molecule has 0 spiro atoms. The van der Waals surface area contributed by atoms with Gasteiger partial charge >= 0.3 is 0 Å². The van der Waals surface area contributed by atoms with E-state index in [0.29, 0.717) is 17.2 Å². The molecule has 0 radical (unpaired) electrons. The highest BCUT2D eigenvalue weighted by molar-refractivity contribution is 6.28. The SMILES string of the molecule is Clc1nc(-c2ccccc2)nc(-c2ccc3c(c2)oc2c#cccc23)n1. The third-order valence-corrected chi connectivity index (χ3v) is 4.31. The lowest BCUT2D eigenvalue weighted by Gasteiger charge is -2.04. The Kier molecular flexibility index (Phi) is 3.34. The fourth-order valence-corrected chi connectivity index (χ4v) is 3.10. The summed E-state index contributed by atoms with van der Waals surface area (Å²) in [6.07, 6.45) is 0. The lowest BCUT2D eigenvalue weighted by atomic mass is 10.1. The highest BCUT2D eigenvalue weighted by atomic mass is 35.5. The van der Waals surface area contributed by atoms with Crippen molar-refractivity contribution in [1.29, 1.82) is 0 Å². The topological polar surface area (TPSA) is 51.8 Å². The monoisotopic (exact) mass is 355 g/mol. The molecular weight excluding hydrogens is 346 g/mol. The Hall–Kier alpha value is -3.42. The number of rotatable bonds is 2. The molecule has 0 saturated carbocycles. The van der Waals surface area contributed by atoms with E-state index in [9.17, 15) is 0 Å². The molecule has 122 valence electrons. The molecule has 26 heavy (non-hydrogen) atoms. The summed E-state index contributed by atoms with van der Waals surface area (Å²) < 4.78 is 5.87. The highest BCUT2D eigenvalue weighted by Crippen LogP contribution is 2.31. The summed E-state index contributed by atoms with van der Waals surface area (Å²) in [7, 11) is 0. The first kappa shape index (κ1) is 14.9. The number of fused-ring (bicyclic) bond motifs is 3. The minimum atomic E-state index is 0.154. The zero-order valence-corrected chi connectivity index (χ0v) is 14.2. The van der Waals surface area contributed by atoms with Crippen molar-refractivity contribution in [2.24, 2.45) is 0 Å². The van der Waals surface area contributed by atoms with E-state index in [0.717, 1.165) is 27.5 Å². The fourth-order valence-electron chi connectivity index (χ4n) is 2.94. The number of hydrogen-bond acceptors (Lipinski definition) is 4. The van der Waals surface area contributed by atoms with E-state index in [1.54, 1.807) is 0 Å². The number of benzene rings is 2. The second-order valence-electron chi connectivity index (χ2n) is 5.78. The molecule has 0 unspecified atom stereocenters. The molecule has 4 nitrogen and oxygen atoms in total. The molecule has 0 N–H and O–H groups in total. The van der Waals surface area contributed by atoms with Gasteiger partial charge in [0.25, 0.3) is 0 Å². The quantitative estimate of drug-likeness (QED) is 0.428. The summed E-state index contributed by atoms with van der Waals surface area (Å²) in [5.41, 5.74) is 3.11. The standard InChI is InChI=1S/C21H10ClN3O/c22-21-24-19(13-6-2-1-3-7-13)23-20(25-21)14-10-11-16-15-8-4-5-9-17(15)26-18(16)12-14/h1-4,6-8,10-12H. The van der Waals surface area contributed by atoms with Crippen LogP contribution in [0.3, 0.4) is 0 Å². The molecule has 0 amide bonds. The first-order chi connectivity index (χ1) is 12.8. The Morgan fingerprint density at radius 2 is 1.62 bits per heavy atom. The van der Waals surface area contributed by atoms with Crippen LogP contribution >= 0.6 is 11.6 Å². The van der Waals surface area contributed by atoms with Crippen molar-refractivity contribution in [3.63, 3.8) is 0 Å². The molecule has 2 aromatic heterocycles. The van der Waals surface area contributed by atoms with Crippen LogP contribution in [0.1, 0.15) is 0 Å². The van der Waals surface area contributed by atoms with Gasteiger partial charge in [0.05, 0.1) is 0 Å². The van der Waals surface area contributed by atoms with E-state index in [2.05, 4.69) is 27.1 Å². The van der Waals surface area contributed by atoms with Gasteiger partial charge in [-0.15, -0.1) is 0 Å². The van der Waals surface area contributed by atoms with Crippen molar-refractivity contribution in [3.05, 3.63) is 78.1 Å². The summed E-state index contributed by atoms with van der Waals surface area (Å²) in [5.74, 6) is 1.04. The van der Waals surface area contributed by atoms with Gasteiger partial charge in [0.1, 0.15) is 5.58 Å². The lowest BCUT2D eigenvalue weighted by molar-refractivity contribution is 0.669. The molecule has 5 aromatic rings. The average molecular weight is 356 g/mol. The molecule has 0 bridgehead atoms. The van der Waals surface area contributed by atoms with Crippen LogP contribution in [0, 0.1) is 12.1 Å². The summed E-state index contributed by atoms with van der Waals surface area (Å²) in [6, 6.07) is 25.2. The Morgan fingerprint density at radius 3 is 2.46 bits per heavy atom. The Bertz CT molecular complexity index is 1250. The van der Waals surface area contributed by atoms with Crippen molar-refractivity contribution in [1.82, 2.24) is 15.0 Å². The van der Waals surface area contributed by atoms with Crippen LogP contribution in [0.2, 0.25) is 5.28 Å². The molecule has 0 aliphatic heterocycles. The Balaban J connectivity index is 1.67. The minimum Gasteiger partial charge on any atom is -0.447 e. The van der Waals surface area contributed by atoms with Crippen molar-refractivity contribution in [3.8, 4) is 22.8 Å². The van der Waals surface area contributed by atoms with Crippen LogP contribution in [0.5, 0.6) is 0 Å². The van der Waals surface area contributed by atoms with Crippen molar-refractivity contribution < 1.29 is 4.42 Å². The van der Waals surface area contributed by atoms with E-state index >= 15 is 0 Å². The van der Waals surface area contributed by atoms with Gasteiger partial charge in [-0.05, 0) is 41.9 Å². The van der Waals surface area contributed by atoms with Gasteiger partial charge in [-0.2, -0.15) is 9.97 Å². The van der Waals surface area contributed by atoms with Crippen LogP contribution in [-0.4, -0.2) is 15.0 Å². The van der Waals surface area contributed by atoms with Crippen LogP contribution < -0.4 is 0 Å². The van der Waals surface area contributed by atoms with E-state index in [4.69, 9.17) is 16.0 Å². The summed E-state index contributed by atoms with van der Waals surface area (Å²) in [4.78, 5) is 13.1. The van der Waals surface area contributed by atoms with Crippen molar-refractivity contribution in [2.45, 2.75) is 0 Å². The molecule has 0 aliphatic carbocycles. The maximum atomic E-state index is 6.14. The maximum absolute atomic E-state index is 6.14. The van der Waals surface area contributed by atoms with E-state index in [1.807, 2.05) is 60.7 Å². The van der Waals surface area contributed by atoms with Gasteiger partial charge in [0.2, 0.25) is 5.28 Å². The number of halogens is 1. The third-order valence-electron chi connectivity index (χ3n) is 4.15. The largest absolute Gasteiger partial charge is 0.447 e. The Morgan fingerprint density at radius 1 is 0.808 bits per heavy atom. The van der Waals surface area contributed by atoms with Crippen LogP contribution in [0.25, 0.3) is 44.7 Å². The fraction of sp³-hybridized carbons (Fsp3) is 0. The molecule has 5 heteroatoms. The van der Waals surface area contributed by atoms with Gasteiger partial charge < -0.3 is 4.42 Å². The zero-order valence-electron chi connectivity index (χ0n) is 13.4. The number of furan rings is 1. The van der Waals surface area contributed by atoms with E-state index in [1.165, 1.54) is 0 Å². The second kappa shape index (κ2) is 5.83. The lowest BCUT2D eigenvalue weighted by Crippen LogP contribution is -1.97. The first-order valence-electron chi connectivity index (χ1n) is 8.00. The first-order valence-corrected chi connectivity index (χ1v) is 8.38. The molecule has 3 aromatic carbocycles. The van der Waals surface area contributed by atoms with Crippen LogP contribution in [-0.2, 0) is 0 Å². The molecular formula is C21H10ClN3O. The normalized spacial score (nSPS) is 11.0. The minimum absolute atomic E-state index is 0.154. The number of aromatic nitrogens is 3. The summed E-state index contributed by atoms with van der Waals surface area (Å²) in [5, 5.41) is 2.17. The predicted molar refractivity (Wildman–Crippen MR) is 101 cm³/mol. The van der Waals surface area contributed by atoms with Gasteiger partial charge in [-0.3, -0.25) is 0 Å². The third kappa shape index (κ3) is 2.46. The Labute approximate surface area is 154 Å². The predicted octanol–water partition coefficient (Wildman–Crippen LogP) is 5.36. The summed E-state index contributed by atoms with van der Waals surface area (Å²) in [6.45, 7) is 0. The number of hydrogen-bond donors (Lipinski definition) is 0. The molecule has 0 aliphatic rings. The average Bonchev–Trinajstić information content (AvgIpc) is 3.06.